The van der Waals surface area contributed by atoms with Crippen LogP contribution in [0.15, 0.2) is 41.3 Å². The second-order valence-electron chi connectivity index (χ2n) is 6.65. The molecule has 1 N–H and O–H groups in total. The third-order valence-electron chi connectivity index (χ3n) is 3.33. The van der Waals surface area contributed by atoms with Crippen molar-refractivity contribution in [2.45, 2.75) is 46.1 Å². The Morgan fingerprint density at radius 2 is 2.14 bits per heavy atom. The first-order valence-corrected chi connectivity index (χ1v) is 7.53. The van der Waals surface area contributed by atoms with Gasteiger partial charge in [-0.1, -0.05) is 32.0 Å². The van der Waals surface area contributed by atoms with Gasteiger partial charge in [0.1, 0.15) is 5.76 Å². The quantitative estimate of drug-likeness (QED) is 0.889. The van der Waals surface area contributed by atoms with Gasteiger partial charge < -0.3 is 9.84 Å². The van der Waals surface area contributed by atoms with Crippen LogP contribution in [-0.4, -0.2) is 16.0 Å². The van der Waals surface area contributed by atoms with E-state index in [0.29, 0.717) is 12.8 Å². The number of amides is 1. The first-order chi connectivity index (χ1) is 10.4. The molecule has 0 spiro atoms. The minimum atomic E-state index is -0.0315. The maximum atomic E-state index is 12.2. The monoisotopic (exact) mass is 301 g/mol. The van der Waals surface area contributed by atoms with Crippen molar-refractivity contribution in [1.29, 1.82) is 0 Å². The maximum Gasteiger partial charge on any atom is 0.220 e. The molecule has 0 aliphatic rings. The molecule has 0 fully saturated rings. The van der Waals surface area contributed by atoms with Crippen molar-refractivity contribution >= 4 is 5.91 Å². The number of nitrogens with zero attached hydrogens (tertiary/aromatic N) is 2. The van der Waals surface area contributed by atoms with E-state index in [0.717, 1.165) is 17.7 Å². The van der Waals surface area contributed by atoms with Gasteiger partial charge in [-0.3, -0.25) is 9.78 Å². The number of aromatic nitrogens is 2. The fourth-order valence-electron chi connectivity index (χ4n) is 2.32. The molecule has 2 heterocycles. The number of nitrogens with one attached hydrogen (secondary N) is 1. The second kappa shape index (κ2) is 7.20. The average molecular weight is 301 g/mol. The van der Waals surface area contributed by atoms with Crippen molar-refractivity contribution in [1.82, 2.24) is 15.5 Å². The minimum Gasteiger partial charge on any atom is -0.361 e. The van der Waals surface area contributed by atoms with E-state index in [9.17, 15) is 4.79 Å². The Morgan fingerprint density at radius 3 is 2.73 bits per heavy atom. The Kier molecular flexibility index (Phi) is 5.31. The van der Waals surface area contributed by atoms with E-state index in [1.54, 1.807) is 18.5 Å². The zero-order chi connectivity index (χ0) is 16.0. The van der Waals surface area contributed by atoms with Crippen molar-refractivity contribution in [3.63, 3.8) is 0 Å². The van der Waals surface area contributed by atoms with Crippen molar-refractivity contribution < 1.29 is 9.32 Å². The summed E-state index contributed by atoms with van der Waals surface area (Å²) in [6, 6.07) is 5.64. The van der Waals surface area contributed by atoms with E-state index in [2.05, 4.69) is 36.2 Å². The summed E-state index contributed by atoms with van der Waals surface area (Å²) >= 11 is 0. The van der Waals surface area contributed by atoms with E-state index in [4.69, 9.17) is 4.52 Å². The highest BCUT2D eigenvalue weighted by Gasteiger charge is 2.22. The molecule has 5 nitrogen and oxygen atoms in total. The van der Waals surface area contributed by atoms with Crippen LogP contribution in [0.25, 0.3) is 0 Å². The predicted octanol–water partition coefficient (Wildman–Crippen LogP) is 3.30. The summed E-state index contributed by atoms with van der Waals surface area (Å²) in [5.41, 5.74) is 1.14. The highest BCUT2D eigenvalue weighted by molar-refractivity contribution is 5.76. The van der Waals surface area contributed by atoms with Gasteiger partial charge in [-0.05, 0) is 23.5 Å². The fraction of sp³-hybridized carbons (Fsp3) is 0.471. The van der Waals surface area contributed by atoms with Crippen LogP contribution >= 0.6 is 0 Å². The Balaban J connectivity index is 1.98. The molecule has 22 heavy (non-hydrogen) atoms. The summed E-state index contributed by atoms with van der Waals surface area (Å²) in [5, 5.41) is 6.75. The van der Waals surface area contributed by atoms with Gasteiger partial charge in [-0.25, -0.2) is 0 Å². The van der Waals surface area contributed by atoms with Crippen LogP contribution in [0, 0.1) is 5.41 Å². The highest BCUT2D eigenvalue weighted by atomic mass is 16.5. The van der Waals surface area contributed by atoms with Crippen molar-refractivity contribution in [3.8, 4) is 0 Å². The summed E-state index contributed by atoms with van der Waals surface area (Å²) in [6.07, 6.45) is 6.94. The average Bonchev–Trinajstić information content (AvgIpc) is 2.97. The van der Waals surface area contributed by atoms with Gasteiger partial charge in [0.25, 0.3) is 0 Å². The van der Waals surface area contributed by atoms with Crippen LogP contribution in [0.5, 0.6) is 0 Å². The molecule has 5 heteroatoms. The van der Waals surface area contributed by atoms with Gasteiger partial charge in [-0.2, -0.15) is 0 Å². The highest BCUT2D eigenvalue weighted by Crippen LogP contribution is 2.29. The molecule has 1 amide bonds. The molecule has 0 saturated carbocycles. The number of rotatable bonds is 6. The third kappa shape index (κ3) is 5.31. The molecule has 0 radical (unpaired) electrons. The fourth-order valence-corrected chi connectivity index (χ4v) is 2.32. The van der Waals surface area contributed by atoms with Crippen LogP contribution in [0.2, 0.25) is 0 Å². The number of aryl methyl sites for hydroxylation is 1. The summed E-state index contributed by atoms with van der Waals surface area (Å²) in [4.78, 5) is 16.4. The number of carbonyl (C=O) groups excluding carboxylic acids is 1. The number of hydrogen-bond acceptors (Lipinski definition) is 4. The minimum absolute atomic E-state index is 0.00880. The van der Waals surface area contributed by atoms with Gasteiger partial charge in [0, 0.05) is 31.3 Å². The number of pyridine rings is 1. The standard InChI is InChI=1S/C17H23N3O2/c1-17(2,3)11-15(13-5-4-9-18-12-13)20-16(21)7-6-14-8-10-19-22-14/h4-5,8-10,12,15H,6-7,11H2,1-3H3,(H,20,21). The lowest BCUT2D eigenvalue weighted by Gasteiger charge is -2.27. The molecule has 1 unspecified atom stereocenters. The topological polar surface area (TPSA) is 68.0 Å². The van der Waals surface area contributed by atoms with Crippen molar-refractivity contribution in [3.05, 3.63) is 48.1 Å². The lowest BCUT2D eigenvalue weighted by atomic mass is 9.85. The van der Waals surface area contributed by atoms with Crippen molar-refractivity contribution in [2.75, 3.05) is 0 Å². The van der Waals surface area contributed by atoms with E-state index in [1.165, 1.54) is 0 Å². The molecule has 118 valence electrons. The Hall–Kier alpha value is -2.17. The van der Waals surface area contributed by atoms with Gasteiger partial charge in [0.2, 0.25) is 5.91 Å². The van der Waals surface area contributed by atoms with Gasteiger partial charge >= 0.3 is 0 Å². The maximum absolute atomic E-state index is 12.2. The van der Waals surface area contributed by atoms with Gasteiger partial charge in [0.15, 0.2) is 0 Å². The summed E-state index contributed by atoms with van der Waals surface area (Å²) in [5.74, 6) is 0.735. The largest absolute Gasteiger partial charge is 0.361 e. The van der Waals surface area contributed by atoms with Gasteiger partial charge in [-0.15, -0.1) is 0 Å². The van der Waals surface area contributed by atoms with Crippen molar-refractivity contribution in [2.24, 2.45) is 5.41 Å². The second-order valence-corrected chi connectivity index (χ2v) is 6.65. The molecule has 2 rings (SSSR count). The molecule has 0 bridgehead atoms. The first kappa shape index (κ1) is 16.2. The molecule has 0 aromatic carbocycles. The van der Waals surface area contributed by atoms with Crippen LogP contribution < -0.4 is 5.32 Å². The molecule has 0 aliphatic carbocycles. The molecule has 2 aromatic rings. The number of hydrogen-bond donors (Lipinski definition) is 1. The first-order valence-electron chi connectivity index (χ1n) is 7.53. The van der Waals surface area contributed by atoms with Crippen LogP contribution in [-0.2, 0) is 11.2 Å². The normalized spacial score (nSPS) is 12.9. The summed E-state index contributed by atoms with van der Waals surface area (Å²) < 4.78 is 5.01. The zero-order valence-corrected chi connectivity index (χ0v) is 13.4. The lowest BCUT2D eigenvalue weighted by molar-refractivity contribution is -0.122. The van der Waals surface area contributed by atoms with Crippen LogP contribution in [0.1, 0.15) is 51.0 Å². The number of carbonyl (C=O) groups is 1. The Labute approximate surface area is 131 Å². The molecular formula is C17H23N3O2. The molecule has 0 saturated heterocycles. The van der Waals surface area contributed by atoms with E-state index in [-0.39, 0.29) is 17.4 Å². The van der Waals surface area contributed by atoms with E-state index in [1.807, 2.05) is 18.3 Å². The Morgan fingerprint density at radius 1 is 1.32 bits per heavy atom. The Bertz CT molecular complexity index is 574. The van der Waals surface area contributed by atoms with E-state index >= 15 is 0 Å². The lowest BCUT2D eigenvalue weighted by Crippen LogP contribution is -2.31. The summed E-state index contributed by atoms with van der Waals surface area (Å²) in [6.45, 7) is 6.49. The van der Waals surface area contributed by atoms with Crippen LogP contribution in [0.3, 0.4) is 0 Å². The third-order valence-corrected chi connectivity index (χ3v) is 3.33. The predicted molar refractivity (Wildman–Crippen MR) is 84.0 cm³/mol. The van der Waals surface area contributed by atoms with Gasteiger partial charge in [0.05, 0.1) is 12.2 Å². The molecular weight excluding hydrogens is 278 g/mol. The SMILES string of the molecule is CC(C)(C)CC(NC(=O)CCc1ccno1)c1cccnc1. The molecule has 2 aromatic heterocycles. The van der Waals surface area contributed by atoms with Crippen LogP contribution in [0.4, 0.5) is 0 Å². The van der Waals surface area contributed by atoms with E-state index < -0.39 is 0 Å². The smallest absolute Gasteiger partial charge is 0.220 e. The molecule has 1 atom stereocenters. The molecule has 0 aliphatic heterocycles. The zero-order valence-electron chi connectivity index (χ0n) is 13.4. The summed E-state index contributed by atoms with van der Waals surface area (Å²) in [7, 11) is 0.